The van der Waals surface area contributed by atoms with E-state index < -0.39 is 18.4 Å². The summed E-state index contributed by atoms with van der Waals surface area (Å²) in [6, 6.07) is 3.72. The second-order valence-electron chi connectivity index (χ2n) is 3.38. The molecule has 0 bridgehead atoms. The minimum atomic E-state index is -4.14. The first-order valence-corrected chi connectivity index (χ1v) is 4.74. The maximum absolute atomic E-state index is 12.6. The van der Waals surface area contributed by atoms with E-state index in [0.29, 0.717) is 5.69 Å². The number of rotatable bonds is 4. The Morgan fingerprint density at radius 1 is 1.25 bits per heavy atom. The molecule has 90 valence electrons. The van der Waals surface area contributed by atoms with Crippen molar-refractivity contribution in [3.05, 3.63) is 24.0 Å². The summed E-state index contributed by atoms with van der Waals surface area (Å²) in [6.07, 6.45) is -5.03. The van der Waals surface area contributed by atoms with E-state index in [4.69, 9.17) is 5.73 Å². The van der Waals surface area contributed by atoms with Gasteiger partial charge in [0.05, 0.1) is 11.4 Å². The Labute approximate surface area is 90.4 Å². The van der Waals surface area contributed by atoms with Gasteiger partial charge in [-0.05, 0) is 24.6 Å². The van der Waals surface area contributed by atoms with Gasteiger partial charge in [-0.25, -0.2) is 4.39 Å². The fourth-order valence-corrected chi connectivity index (χ4v) is 1.21. The lowest BCUT2D eigenvalue weighted by atomic mass is 10.2. The summed E-state index contributed by atoms with van der Waals surface area (Å²) in [5, 5.41) is 2.72. The highest BCUT2D eigenvalue weighted by Crippen LogP contribution is 2.22. The van der Waals surface area contributed by atoms with Gasteiger partial charge >= 0.3 is 6.18 Å². The van der Waals surface area contributed by atoms with E-state index in [2.05, 4.69) is 5.32 Å². The third-order valence-electron chi connectivity index (χ3n) is 1.97. The summed E-state index contributed by atoms with van der Waals surface area (Å²) >= 11 is 0. The van der Waals surface area contributed by atoms with Crippen LogP contribution in [0.1, 0.15) is 12.8 Å². The lowest BCUT2D eigenvalue weighted by molar-refractivity contribution is -0.134. The molecule has 2 nitrogen and oxygen atoms in total. The van der Waals surface area contributed by atoms with Gasteiger partial charge in [-0.2, -0.15) is 13.2 Å². The Morgan fingerprint density at radius 2 is 1.94 bits per heavy atom. The van der Waals surface area contributed by atoms with Gasteiger partial charge < -0.3 is 11.1 Å². The van der Waals surface area contributed by atoms with E-state index >= 15 is 0 Å². The summed E-state index contributed by atoms with van der Waals surface area (Å²) in [5.74, 6) is -0.474. The molecule has 0 radical (unpaired) electrons. The predicted molar refractivity (Wildman–Crippen MR) is 54.6 cm³/mol. The smallest absolute Gasteiger partial charge is 0.389 e. The minimum Gasteiger partial charge on any atom is -0.397 e. The molecule has 0 fully saturated rings. The molecule has 3 N–H and O–H groups in total. The van der Waals surface area contributed by atoms with Crippen LogP contribution in [0.2, 0.25) is 0 Å². The van der Waals surface area contributed by atoms with E-state index in [9.17, 15) is 17.6 Å². The quantitative estimate of drug-likeness (QED) is 0.478. The van der Waals surface area contributed by atoms with Gasteiger partial charge in [0.2, 0.25) is 0 Å². The van der Waals surface area contributed by atoms with Crippen LogP contribution in [-0.2, 0) is 0 Å². The highest BCUT2D eigenvalue weighted by Gasteiger charge is 2.25. The first-order valence-electron chi connectivity index (χ1n) is 4.74. The number of benzene rings is 1. The summed E-state index contributed by atoms with van der Waals surface area (Å²) in [7, 11) is 0. The molecule has 1 aromatic carbocycles. The van der Waals surface area contributed by atoms with Crippen molar-refractivity contribution in [1.82, 2.24) is 0 Å². The van der Waals surface area contributed by atoms with Gasteiger partial charge in [0.25, 0.3) is 0 Å². The van der Waals surface area contributed by atoms with Gasteiger partial charge in [0.1, 0.15) is 5.82 Å². The molecule has 0 aliphatic carbocycles. The number of nitrogen functional groups attached to an aromatic ring is 1. The van der Waals surface area contributed by atoms with Crippen LogP contribution < -0.4 is 11.1 Å². The topological polar surface area (TPSA) is 38.0 Å². The van der Waals surface area contributed by atoms with Crippen molar-refractivity contribution in [3.8, 4) is 0 Å². The molecule has 0 atom stereocenters. The zero-order chi connectivity index (χ0) is 12.2. The highest BCUT2D eigenvalue weighted by atomic mass is 19.4. The van der Waals surface area contributed by atoms with Crippen LogP contribution in [0, 0.1) is 5.82 Å². The third kappa shape index (κ3) is 4.37. The first kappa shape index (κ1) is 12.6. The highest BCUT2D eigenvalue weighted by molar-refractivity contribution is 5.65. The Morgan fingerprint density at radius 3 is 2.50 bits per heavy atom. The molecule has 16 heavy (non-hydrogen) atoms. The van der Waals surface area contributed by atoms with Gasteiger partial charge in [0.15, 0.2) is 0 Å². The standard InChI is InChI=1S/C10H12F4N2/c11-7-2-3-9(8(15)6-7)16-5-1-4-10(12,13)14/h2-3,6,16H,1,4-5,15H2. The van der Waals surface area contributed by atoms with Crippen molar-refractivity contribution in [2.24, 2.45) is 0 Å². The van der Waals surface area contributed by atoms with E-state index in [0.717, 1.165) is 6.07 Å². The molecule has 0 amide bonds. The van der Waals surface area contributed by atoms with E-state index in [1.165, 1.54) is 12.1 Å². The maximum Gasteiger partial charge on any atom is 0.389 e. The fourth-order valence-electron chi connectivity index (χ4n) is 1.21. The van der Waals surface area contributed by atoms with Crippen LogP contribution in [0.3, 0.4) is 0 Å². The monoisotopic (exact) mass is 236 g/mol. The van der Waals surface area contributed by atoms with E-state index in [-0.39, 0.29) is 18.7 Å². The summed E-state index contributed by atoms with van der Waals surface area (Å²) in [5.41, 5.74) is 6.10. The molecule has 0 unspecified atom stereocenters. The summed E-state index contributed by atoms with van der Waals surface area (Å²) in [4.78, 5) is 0. The Bertz CT molecular complexity index is 349. The number of nitrogens with one attached hydrogen (secondary N) is 1. The number of anilines is 2. The Hall–Kier alpha value is -1.46. The number of halogens is 4. The molecule has 0 saturated carbocycles. The molecule has 0 aliphatic heterocycles. The normalized spacial score (nSPS) is 11.5. The number of hydrogen-bond donors (Lipinski definition) is 2. The molecule has 0 aliphatic rings. The number of hydrogen-bond acceptors (Lipinski definition) is 2. The Kier molecular flexibility index (Phi) is 3.98. The second-order valence-corrected chi connectivity index (χ2v) is 3.38. The Balaban J connectivity index is 2.38. The van der Waals surface area contributed by atoms with Gasteiger partial charge in [-0.1, -0.05) is 0 Å². The third-order valence-corrected chi connectivity index (χ3v) is 1.97. The maximum atomic E-state index is 12.6. The van der Waals surface area contributed by atoms with Crippen molar-refractivity contribution in [3.63, 3.8) is 0 Å². The largest absolute Gasteiger partial charge is 0.397 e. The summed E-state index contributed by atoms with van der Waals surface area (Å²) in [6.45, 7) is 0.148. The van der Waals surface area contributed by atoms with Crippen LogP contribution in [0.4, 0.5) is 28.9 Å². The molecule has 0 spiro atoms. The lowest BCUT2D eigenvalue weighted by Gasteiger charge is -2.10. The second kappa shape index (κ2) is 5.05. The first-order chi connectivity index (χ1) is 7.38. The predicted octanol–water partition coefficient (Wildman–Crippen LogP) is 3.16. The zero-order valence-corrected chi connectivity index (χ0v) is 8.44. The van der Waals surface area contributed by atoms with Gasteiger partial charge in [-0.15, -0.1) is 0 Å². The van der Waals surface area contributed by atoms with E-state index in [1.807, 2.05) is 0 Å². The molecule has 0 heterocycles. The van der Waals surface area contributed by atoms with Gasteiger partial charge in [0, 0.05) is 13.0 Å². The molecular formula is C10H12F4N2. The summed E-state index contributed by atoms with van der Waals surface area (Å²) < 4.78 is 48.1. The average molecular weight is 236 g/mol. The van der Waals surface area contributed by atoms with Crippen molar-refractivity contribution in [2.75, 3.05) is 17.6 Å². The van der Waals surface area contributed by atoms with Crippen LogP contribution in [-0.4, -0.2) is 12.7 Å². The van der Waals surface area contributed by atoms with Crippen LogP contribution >= 0.6 is 0 Å². The fraction of sp³-hybridized carbons (Fsp3) is 0.400. The van der Waals surface area contributed by atoms with Crippen molar-refractivity contribution < 1.29 is 17.6 Å². The number of nitrogens with two attached hydrogens (primary N) is 1. The zero-order valence-electron chi connectivity index (χ0n) is 8.44. The van der Waals surface area contributed by atoms with Crippen molar-refractivity contribution in [1.29, 1.82) is 0 Å². The van der Waals surface area contributed by atoms with Crippen molar-refractivity contribution >= 4 is 11.4 Å². The van der Waals surface area contributed by atoms with E-state index in [1.54, 1.807) is 0 Å². The molecule has 0 aromatic heterocycles. The molecule has 6 heteroatoms. The lowest BCUT2D eigenvalue weighted by Crippen LogP contribution is -2.11. The molecule has 1 aromatic rings. The molecule has 0 saturated heterocycles. The van der Waals surface area contributed by atoms with Crippen LogP contribution in [0.5, 0.6) is 0 Å². The SMILES string of the molecule is Nc1cc(F)ccc1NCCCC(F)(F)F. The van der Waals surface area contributed by atoms with Gasteiger partial charge in [-0.3, -0.25) is 0 Å². The number of alkyl halides is 3. The minimum absolute atomic E-state index is 0.0414. The molecular weight excluding hydrogens is 224 g/mol. The molecule has 1 rings (SSSR count). The average Bonchev–Trinajstić information content (AvgIpc) is 2.13. The van der Waals surface area contributed by atoms with Crippen LogP contribution in [0.15, 0.2) is 18.2 Å². The van der Waals surface area contributed by atoms with Crippen molar-refractivity contribution in [2.45, 2.75) is 19.0 Å². The van der Waals surface area contributed by atoms with Crippen LogP contribution in [0.25, 0.3) is 0 Å².